The van der Waals surface area contributed by atoms with Gasteiger partial charge in [-0.3, -0.25) is 14.4 Å². The Balaban J connectivity index is 0.000000583. The van der Waals surface area contributed by atoms with Crippen LogP contribution in [0.3, 0.4) is 0 Å². The molecule has 0 radical (unpaired) electrons. The molecule has 0 saturated heterocycles. The summed E-state index contributed by atoms with van der Waals surface area (Å²) >= 11 is 5.09. The van der Waals surface area contributed by atoms with Crippen LogP contribution in [0, 0.1) is 0 Å². The van der Waals surface area contributed by atoms with Gasteiger partial charge in [0, 0.05) is 52.7 Å². The van der Waals surface area contributed by atoms with E-state index in [-0.39, 0.29) is 72.0 Å². The lowest BCUT2D eigenvalue weighted by Crippen LogP contribution is -2.05. The molecule has 0 bridgehead atoms. The number of rotatable bonds is 9. The molecule has 0 aromatic carbocycles. The monoisotopic (exact) mass is 614 g/mol. The number of methoxy groups -OCH3 is 1. The number of carboxylic acids is 1. The summed E-state index contributed by atoms with van der Waals surface area (Å²) < 4.78 is 17.3. The van der Waals surface area contributed by atoms with Gasteiger partial charge in [0.05, 0.1) is 7.11 Å². The Kier molecular flexibility index (Phi) is 16.2. The van der Waals surface area contributed by atoms with Gasteiger partial charge in [0.25, 0.3) is 0 Å². The smallest absolute Gasteiger partial charge is 0.342 e. The summed E-state index contributed by atoms with van der Waals surface area (Å²) in [7, 11) is 1.27. The topological polar surface area (TPSA) is 211 Å². The molecular formula is C27H31ClO14. The van der Waals surface area contributed by atoms with Gasteiger partial charge in [-0.25, -0.2) is 28.8 Å². The molecule has 230 valence electrons. The van der Waals surface area contributed by atoms with E-state index in [0.717, 1.165) is 0 Å². The van der Waals surface area contributed by atoms with Crippen molar-refractivity contribution in [3.8, 4) is 0 Å². The third kappa shape index (κ3) is 11.6. The lowest BCUT2D eigenvalue weighted by atomic mass is 10.1. The Morgan fingerprint density at radius 2 is 0.929 bits per heavy atom. The number of carboxylic acid groups (broad SMARTS) is 1. The molecule has 14 nitrogen and oxygen atoms in total. The second kappa shape index (κ2) is 18.1. The Labute approximate surface area is 245 Å². The van der Waals surface area contributed by atoms with Gasteiger partial charge in [-0.1, -0.05) is 13.8 Å². The van der Waals surface area contributed by atoms with Crippen LogP contribution in [-0.4, -0.2) is 65.2 Å². The van der Waals surface area contributed by atoms with Crippen molar-refractivity contribution in [3.63, 3.8) is 0 Å². The van der Waals surface area contributed by atoms with Crippen LogP contribution in [0.15, 0.2) is 33.4 Å². The molecule has 0 unspecified atom stereocenters. The van der Waals surface area contributed by atoms with Crippen LogP contribution in [0.5, 0.6) is 0 Å². The van der Waals surface area contributed by atoms with Crippen LogP contribution >= 0.6 is 11.6 Å². The zero-order valence-electron chi connectivity index (χ0n) is 23.9. The average Bonchev–Trinajstić information content (AvgIpc) is 3.43. The summed E-state index contributed by atoms with van der Waals surface area (Å²) in [6.45, 7) is 8.44. The molecule has 0 aromatic heterocycles. The maximum atomic E-state index is 11.0. The first kappa shape index (κ1) is 37.5. The molecule has 3 aliphatic heterocycles. The summed E-state index contributed by atoms with van der Waals surface area (Å²) in [5.41, 5.74) is 1.44. The second-order valence-corrected chi connectivity index (χ2v) is 8.59. The van der Waals surface area contributed by atoms with E-state index < -0.39 is 53.0 Å². The summed E-state index contributed by atoms with van der Waals surface area (Å²) in [4.78, 5) is 96.8. The van der Waals surface area contributed by atoms with Crippen molar-refractivity contribution in [2.75, 3.05) is 7.11 Å². The molecule has 15 heteroatoms. The molecule has 0 amide bonds. The lowest BCUT2D eigenvalue weighted by molar-refractivity contribution is -0.153. The van der Waals surface area contributed by atoms with Gasteiger partial charge in [-0.15, -0.1) is 0 Å². The van der Waals surface area contributed by atoms with Crippen molar-refractivity contribution in [1.82, 2.24) is 0 Å². The molecule has 0 atom stereocenters. The minimum atomic E-state index is -1.01. The number of ether oxygens (including phenoxy) is 4. The minimum Gasteiger partial charge on any atom is -0.481 e. The largest absolute Gasteiger partial charge is 0.481 e. The van der Waals surface area contributed by atoms with E-state index in [4.69, 9.17) is 16.7 Å². The molecule has 0 fully saturated rings. The van der Waals surface area contributed by atoms with E-state index >= 15 is 0 Å². The highest BCUT2D eigenvalue weighted by Crippen LogP contribution is 2.23. The third-order valence-electron chi connectivity index (χ3n) is 5.54. The van der Waals surface area contributed by atoms with Crippen LogP contribution in [0.4, 0.5) is 0 Å². The molecular weight excluding hydrogens is 584 g/mol. The zero-order chi connectivity index (χ0) is 32.7. The van der Waals surface area contributed by atoms with Crippen molar-refractivity contribution >= 4 is 64.6 Å². The van der Waals surface area contributed by atoms with Crippen molar-refractivity contribution < 1.29 is 67.2 Å². The SMILES string of the molecule is CC.CC1=C(CCC(=O)Cl)C(=O)OC1=O.CC1=C(CCC(=O)O)C(=O)OC1=O.COC(=O)CCC1=C(C)C(=O)OC1=O. The Morgan fingerprint density at radius 1 is 0.619 bits per heavy atom. The Bertz CT molecular complexity index is 1200. The van der Waals surface area contributed by atoms with Crippen LogP contribution in [0.2, 0.25) is 0 Å². The van der Waals surface area contributed by atoms with Crippen LogP contribution in [-0.2, 0) is 62.1 Å². The number of esters is 7. The Morgan fingerprint density at radius 3 is 1.17 bits per heavy atom. The van der Waals surface area contributed by atoms with Gasteiger partial charge in [0.1, 0.15) is 0 Å². The highest BCUT2D eigenvalue weighted by atomic mass is 35.5. The van der Waals surface area contributed by atoms with Crippen LogP contribution in [0.25, 0.3) is 0 Å². The molecule has 3 heterocycles. The second-order valence-electron chi connectivity index (χ2n) is 8.17. The highest BCUT2D eigenvalue weighted by molar-refractivity contribution is 6.63. The predicted octanol–water partition coefficient (Wildman–Crippen LogP) is 2.55. The van der Waals surface area contributed by atoms with E-state index in [9.17, 15) is 43.2 Å². The lowest BCUT2D eigenvalue weighted by Gasteiger charge is -1.98. The molecule has 0 aromatic rings. The molecule has 0 aliphatic carbocycles. The normalized spacial score (nSPS) is 15.6. The predicted molar refractivity (Wildman–Crippen MR) is 141 cm³/mol. The first-order valence-corrected chi connectivity index (χ1v) is 12.8. The van der Waals surface area contributed by atoms with E-state index in [1.54, 1.807) is 0 Å². The molecule has 0 spiro atoms. The number of cyclic esters (lactones) is 6. The number of carbonyl (C=O) groups is 9. The van der Waals surface area contributed by atoms with Crippen molar-refractivity contribution in [2.24, 2.45) is 0 Å². The summed E-state index contributed by atoms with van der Waals surface area (Å²) in [5.74, 6) is -5.41. The Hall–Kier alpha value is -4.46. The molecule has 1 N–H and O–H groups in total. The molecule has 42 heavy (non-hydrogen) atoms. The van der Waals surface area contributed by atoms with Crippen LogP contribution in [0.1, 0.15) is 73.1 Å². The fraction of sp³-hybridized carbons (Fsp3) is 0.444. The number of hydrogen-bond donors (Lipinski definition) is 1. The minimum absolute atomic E-state index is 0.0383. The highest BCUT2D eigenvalue weighted by Gasteiger charge is 2.31. The zero-order valence-corrected chi connectivity index (χ0v) is 24.6. The van der Waals surface area contributed by atoms with Gasteiger partial charge in [0.15, 0.2) is 0 Å². The summed E-state index contributed by atoms with van der Waals surface area (Å²) in [6, 6.07) is 0. The average molecular weight is 615 g/mol. The van der Waals surface area contributed by atoms with Crippen LogP contribution < -0.4 is 0 Å². The molecule has 3 rings (SSSR count). The maximum absolute atomic E-state index is 11.0. The van der Waals surface area contributed by atoms with E-state index in [1.807, 2.05) is 13.8 Å². The van der Waals surface area contributed by atoms with E-state index in [2.05, 4.69) is 18.9 Å². The number of aliphatic carboxylic acids is 1. The summed E-state index contributed by atoms with van der Waals surface area (Å²) in [5, 5.41) is 7.82. The maximum Gasteiger partial charge on any atom is 0.342 e. The fourth-order valence-electron chi connectivity index (χ4n) is 3.15. The van der Waals surface area contributed by atoms with E-state index in [1.165, 1.54) is 27.9 Å². The standard InChI is InChI=1S/C9H10O5.C8H7ClO4.C8H8O5.C2H6/c1-5-6(3-4-7(10)13-2)9(12)14-8(5)11;2*1-4-5(2-3-6(9)10)8(12)13-7(4)11;1-2/h3-4H2,1-2H3;2-3H2,1H3;2-3H2,1H3,(H,9,10);1-2H3. The molecule has 3 aliphatic rings. The van der Waals surface area contributed by atoms with E-state index in [0.29, 0.717) is 0 Å². The third-order valence-corrected chi connectivity index (χ3v) is 5.73. The number of halogens is 1. The first-order chi connectivity index (χ1) is 19.6. The van der Waals surface area contributed by atoms with Crippen molar-refractivity contribution in [2.45, 2.75) is 73.1 Å². The molecule has 0 saturated carbocycles. The van der Waals surface area contributed by atoms with Gasteiger partial charge in [-0.2, -0.15) is 0 Å². The van der Waals surface area contributed by atoms with Gasteiger partial charge >= 0.3 is 47.8 Å². The summed E-state index contributed by atoms with van der Waals surface area (Å²) in [6.07, 6.45) is 0.338. The first-order valence-electron chi connectivity index (χ1n) is 12.5. The van der Waals surface area contributed by atoms with Crippen molar-refractivity contribution in [1.29, 1.82) is 0 Å². The van der Waals surface area contributed by atoms with Gasteiger partial charge < -0.3 is 24.1 Å². The quantitative estimate of drug-likeness (QED) is 0.171. The number of hydrogen-bond acceptors (Lipinski definition) is 13. The number of carbonyl (C=O) groups excluding carboxylic acids is 8. The van der Waals surface area contributed by atoms with Gasteiger partial charge in [-0.05, 0) is 51.6 Å². The van der Waals surface area contributed by atoms with Gasteiger partial charge in [0.2, 0.25) is 5.24 Å². The fourth-order valence-corrected chi connectivity index (χ4v) is 3.24. The van der Waals surface area contributed by atoms with Crippen molar-refractivity contribution in [3.05, 3.63) is 33.4 Å².